The van der Waals surface area contributed by atoms with Crippen LogP contribution in [0.25, 0.3) is 74.8 Å². The van der Waals surface area contributed by atoms with Crippen molar-refractivity contribution in [3.05, 3.63) is 163 Å². The highest BCUT2D eigenvalue weighted by Crippen LogP contribution is 2.61. The maximum atomic E-state index is 6.94. The number of thiophene rings is 1. The molecule has 2 nitrogen and oxygen atoms in total. The third-order valence-corrected chi connectivity index (χ3v) is 15.3. The second-order valence-corrected chi connectivity index (χ2v) is 18.5. The second-order valence-electron chi connectivity index (χ2n) is 17.5. The lowest BCUT2D eigenvalue weighted by Crippen LogP contribution is -2.48. The lowest BCUT2D eigenvalue weighted by molar-refractivity contribution is -0.00518. The zero-order valence-corrected chi connectivity index (χ0v) is 32.6. The van der Waals surface area contributed by atoms with Crippen LogP contribution in [-0.2, 0) is 5.41 Å². The molecule has 14 rings (SSSR count). The Kier molecular flexibility index (Phi) is 6.81. The number of hydrogen-bond donors (Lipinski definition) is 0. The number of furan rings is 1. The number of nitrogens with zero attached hydrogens (tertiary/aromatic N) is 1. The van der Waals surface area contributed by atoms with Crippen LogP contribution in [0.5, 0.6) is 0 Å². The van der Waals surface area contributed by atoms with Crippen molar-refractivity contribution in [2.24, 2.45) is 17.8 Å². The van der Waals surface area contributed by atoms with Crippen LogP contribution in [0, 0.1) is 17.8 Å². The molecule has 57 heavy (non-hydrogen) atoms. The van der Waals surface area contributed by atoms with Crippen LogP contribution in [0.4, 0.5) is 17.1 Å². The second kappa shape index (κ2) is 12.1. The van der Waals surface area contributed by atoms with Crippen LogP contribution in [0.15, 0.2) is 162 Å². The lowest BCUT2D eigenvalue weighted by atomic mass is 9.48. The number of anilines is 3. The third-order valence-electron chi connectivity index (χ3n) is 14.2. The van der Waals surface area contributed by atoms with E-state index in [1.807, 2.05) is 11.3 Å². The summed E-state index contributed by atoms with van der Waals surface area (Å²) in [6, 6.07) is 58.9. The summed E-state index contributed by atoms with van der Waals surface area (Å²) < 4.78 is 9.46. The highest BCUT2D eigenvalue weighted by molar-refractivity contribution is 7.26. The molecule has 2 heterocycles. The summed E-state index contributed by atoms with van der Waals surface area (Å²) in [5.41, 5.74) is 9.80. The number of para-hydroxylation sites is 1. The molecule has 8 aromatic carbocycles. The van der Waals surface area contributed by atoms with Crippen molar-refractivity contribution in [2.75, 3.05) is 4.90 Å². The molecule has 0 aliphatic heterocycles. The van der Waals surface area contributed by atoms with Gasteiger partial charge >= 0.3 is 0 Å². The maximum absolute atomic E-state index is 6.94. The first-order chi connectivity index (χ1) is 28.2. The first kappa shape index (κ1) is 32.2. The van der Waals surface area contributed by atoms with E-state index in [9.17, 15) is 0 Å². The van der Waals surface area contributed by atoms with Crippen LogP contribution >= 0.6 is 11.3 Å². The molecule has 0 amide bonds. The molecule has 4 aliphatic carbocycles. The Hall–Kier alpha value is -5.90. The fourth-order valence-electron chi connectivity index (χ4n) is 12.3. The van der Waals surface area contributed by atoms with Crippen molar-refractivity contribution in [1.82, 2.24) is 0 Å². The van der Waals surface area contributed by atoms with Crippen molar-refractivity contribution in [2.45, 2.75) is 43.9 Å². The molecule has 3 heteroatoms. The molecule has 4 bridgehead atoms. The molecule has 4 fully saturated rings. The van der Waals surface area contributed by atoms with Crippen LogP contribution < -0.4 is 4.90 Å². The average molecular weight is 752 g/mol. The van der Waals surface area contributed by atoms with E-state index in [4.69, 9.17) is 4.42 Å². The van der Waals surface area contributed by atoms with E-state index in [0.717, 1.165) is 45.4 Å². The highest BCUT2D eigenvalue weighted by Gasteiger charge is 2.51. The molecule has 0 unspecified atom stereocenters. The molecule has 4 saturated carbocycles. The van der Waals surface area contributed by atoms with Gasteiger partial charge in [-0.2, -0.15) is 0 Å². The van der Waals surface area contributed by atoms with Gasteiger partial charge in [0.1, 0.15) is 11.2 Å². The first-order valence-electron chi connectivity index (χ1n) is 20.8. The Morgan fingerprint density at radius 1 is 0.491 bits per heavy atom. The normalized spacial score (nSPS) is 21.5. The SMILES string of the molecule is c1ccc2c(-c3ccc(N(c4ccc(C56CC7CC(CC(C7)C5)C6)cc4)c4cc5sc6ccccc6c5c5oc6ccccc6c45)c4ccccc34)cccc2c1. The summed E-state index contributed by atoms with van der Waals surface area (Å²) in [6.45, 7) is 0. The molecule has 10 aromatic rings. The molecule has 0 N–H and O–H groups in total. The minimum Gasteiger partial charge on any atom is -0.455 e. The number of fused-ring (bicyclic) bond motifs is 9. The van der Waals surface area contributed by atoms with E-state index in [1.165, 1.54) is 103 Å². The molecule has 2 aromatic heterocycles. The van der Waals surface area contributed by atoms with Crippen molar-refractivity contribution in [3.8, 4) is 11.1 Å². The largest absolute Gasteiger partial charge is 0.455 e. The van der Waals surface area contributed by atoms with Gasteiger partial charge in [-0.1, -0.05) is 121 Å². The Morgan fingerprint density at radius 2 is 1.12 bits per heavy atom. The van der Waals surface area contributed by atoms with Gasteiger partial charge in [0.05, 0.1) is 16.8 Å². The Balaban J connectivity index is 1.08. The Labute approximate surface area is 336 Å². The summed E-state index contributed by atoms with van der Waals surface area (Å²) in [5, 5.41) is 9.78. The molecular formula is C54H41NOS. The van der Waals surface area contributed by atoms with E-state index in [1.54, 1.807) is 5.56 Å². The summed E-state index contributed by atoms with van der Waals surface area (Å²) in [4.78, 5) is 2.55. The average Bonchev–Trinajstić information content (AvgIpc) is 3.82. The number of benzene rings is 8. The van der Waals surface area contributed by atoms with Gasteiger partial charge < -0.3 is 9.32 Å². The topological polar surface area (TPSA) is 16.4 Å². The Bertz CT molecular complexity index is 3200. The van der Waals surface area contributed by atoms with Gasteiger partial charge in [0.15, 0.2) is 0 Å². The van der Waals surface area contributed by atoms with Crippen molar-refractivity contribution >= 4 is 92.1 Å². The van der Waals surface area contributed by atoms with Crippen LogP contribution in [0.1, 0.15) is 44.1 Å². The minimum absolute atomic E-state index is 0.342. The number of rotatable bonds is 5. The summed E-state index contributed by atoms with van der Waals surface area (Å²) >= 11 is 1.86. The molecule has 4 aliphatic rings. The van der Waals surface area contributed by atoms with Gasteiger partial charge in [-0.25, -0.2) is 0 Å². The van der Waals surface area contributed by atoms with E-state index in [0.29, 0.717) is 5.41 Å². The molecule has 0 radical (unpaired) electrons. The fourth-order valence-corrected chi connectivity index (χ4v) is 13.4. The zero-order chi connectivity index (χ0) is 37.2. The van der Waals surface area contributed by atoms with Gasteiger partial charge in [0, 0.05) is 36.6 Å². The fraction of sp³-hybridized carbons (Fsp3) is 0.185. The highest BCUT2D eigenvalue weighted by atomic mass is 32.1. The van der Waals surface area contributed by atoms with E-state index in [-0.39, 0.29) is 0 Å². The monoisotopic (exact) mass is 751 g/mol. The standard InChI is InChI=1S/C54H41NOS/c1-2-12-39-36(10-1)11-9-17-40(39)42-24-25-46(43-14-4-3-13-41(42)43)55(38-22-20-37(21-23-38)54-30-33-26-34(31-54)28-35(27-33)32-54)47-29-50-52(45-16-6-8-19-49(45)57-50)53-51(47)44-15-5-7-18-48(44)56-53/h1-25,29,33-35H,26-28,30-32H2. The van der Waals surface area contributed by atoms with Gasteiger partial charge in [-0.05, 0) is 131 Å². The third kappa shape index (κ3) is 4.76. The van der Waals surface area contributed by atoms with E-state index >= 15 is 0 Å². The lowest BCUT2D eigenvalue weighted by Gasteiger charge is -2.57. The molecule has 0 spiro atoms. The predicted octanol–water partition coefficient (Wildman–Crippen LogP) is 15.9. The van der Waals surface area contributed by atoms with Gasteiger partial charge in [-0.3, -0.25) is 0 Å². The first-order valence-corrected chi connectivity index (χ1v) is 21.7. The summed E-state index contributed by atoms with van der Waals surface area (Å²) in [5.74, 6) is 2.74. The predicted molar refractivity (Wildman–Crippen MR) is 242 cm³/mol. The van der Waals surface area contributed by atoms with Gasteiger partial charge in [0.2, 0.25) is 0 Å². The van der Waals surface area contributed by atoms with Crippen LogP contribution in [0.2, 0.25) is 0 Å². The maximum Gasteiger partial charge on any atom is 0.146 e. The van der Waals surface area contributed by atoms with Crippen molar-refractivity contribution in [1.29, 1.82) is 0 Å². The smallest absolute Gasteiger partial charge is 0.146 e. The van der Waals surface area contributed by atoms with Crippen molar-refractivity contribution < 1.29 is 4.42 Å². The van der Waals surface area contributed by atoms with Crippen LogP contribution in [0.3, 0.4) is 0 Å². The zero-order valence-electron chi connectivity index (χ0n) is 31.7. The molecular weight excluding hydrogens is 711 g/mol. The molecule has 0 saturated heterocycles. The Morgan fingerprint density at radius 3 is 1.91 bits per heavy atom. The van der Waals surface area contributed by atoms with E-state index in [2.05, 4.69) is 163 Å². The minimum atomic E-state index is 0.342. The summed E-state index contributed by atoms with van der Waals surface area (Å²) in [6.07, 6.45) is 8.48. The molecule has 0 atom stereocenters. The quantitative estimate of drug-likeness (QED) is 0.174. The van der Waals surface area contributed by atoms with Gasteiger partial charge in [-0.15, -0.1) is 11.3 Å². The van der Waals surface area contributed by atoms with Crippen LogP contribution in [-0.4, -0.2) is 0 Å². The van der Waals surface area contributed by atoms with E-state index < -0.39 is 0 Å². The van der Waals surface area contributed by atoms with Crippen molar-refractivity contribution in [3.63, 3.8) is 0 Å². The molecule has 274 valence electrons. The summed E-state index contributed by atoms with van der Waals surface area (Å²) in [7, 11) is 0. The number of hydrogen-bond acceptors (Lipinski definition) is 3. The van der Waals surface area contributed by atoms with Gasteiger partial charge in [0.25, 0.3) is 0 Å².